The molecule has 1 aromatic carbocycles. The third kappa shape index (κ3) is 2.89. The Morgan fingerprint density at radius 2 is 2.08 bits per heavy atom. The van der Waals surface area contributed by atoms with Gasteiger partial charge in [-0.2, -0.15) is 0 Å². The molecule has 130 valence electrons. The molecular formula is C16H17N5O3S. The minimum Gasteiger partial charge on any atom is -0.462 e. The van der Waals surface area contributed by atoms with Gasteiger partial charge in [0.15, 0.2) is 0 Å². The third-order valence-electron chi connectivity index (χ3n) is 3.65. The van der Waals surface area contributed by atoms with Gasteiger partial charge < -0.3 is 16.2 Å². The molecule has 8 nitrogen and oxygen atoms in total. The molecule has 3 aromatic rings. The number of primary amides is 1. The van der Waals surface area contributed by atoms with Crippen LogP contribution in [0.5, 0.6) is 0 Å². The highest BCUT2D eigenvalue weighted by molar-refractivity contribution is 7.21. The van der Waals surface area contributed by atoms with Crippen molar-refractivity contribution in [2.24, 2.45) is 5.73 Å². The Kier molecular flexibility index (Phi) is 4.32. The highest BCUT2D eigenvalue weighted by Crippen LogP contribution is 2.38. The van der Waals surface area contributed by atoms with Crippen molar-refractivity contribution in [3.05, 3.63) is 35.5 Å². The van der Waals surface area contributed by atoms with Crippen LogP contribution < -0.4 is 16.9 Å². The lowest BCUT2D eigenvalue weighted by Crippen LogP contribution is -2.30. The summed E-state index contributed by atoms with van der Waals surface area (Å²) < 4.78 is 7.38. The monoisotopic (exact) mass is 359 g/mol. The van der Waals surface area contributed by atoms with Crippen molar-refractivity contribution >= 4 is 39.4 Å². The van der Waals surface area contributed by atoms with Crippen LogP contribution in [0, 0.1) is 6.92 Å². The van der Waals surface area contributed by atoms with Gasteiger partial charge in [0.2, 0.25) is 0 Å². The van der Waals surface area contributed by atoms with E-state index in [1.807, 2.05) is 24.3 Å². The first-order chi connectivity index (χ1) is 11.9. The molecule has 5 N–H and O–H groups in total. The summed E-state index contributed by atoms with van der Waals surface area (Å²) in [7, 11) is 0. The molecule has 2 aromatic heterocycles. The number of ether oxygens (including phenoxy) is 1. The molecule has 0 unspecified atom stereocenters. The molecule has 0 aliphatic rings. The fraction of sp³-hybridized carbons (Fsp3) is 0.188. The summed E-state index contributed by atoms with van der Waals surface area (Å²) in [5, 5.41) is 0.565. The first-order valence-corrected chi connectivity index (χ1v) is 8.36. The van der Waals surface area contributed by atoms with Crippen molar-refractivity contribution < 1.29 is 14.3 Å². The number of amides is 2. The van der Waals surface area contributed by atoms with E-state index >= 15 is 0 Å². The normalized spacial score (nSPS) is 10.8. The lowest BCUT2D eigenvalue weighted by molar-refractivity contribution is 0.0526. The average Bonchev–Trinajstić information content (AvgIpc) is 3.08. The average molecular weight is 359 g/mol. The number of anilines is 1. The highest BCUT2D eigenvalue weighted by Gasteiger charge is 2.28. The second-order valence-corrected chi connectivity index (χ2v) is 6.27. The molecule has 0 radical (unpaired) electrons. The number of benzene rings is 1. The lowest BCUT2D eigenvalue weighted by Gasteiger charge is -2.08. The van der Waals surface area contributed by atoms with Crippen molar-refractivity contribution in [1.29, 1.82) is 0 Å². The van der Waals surface area contributed by atoms with Gasteiger partial charge in [0, 0.05) is 0 Å². The van der Waals surface area contributed by atoms with Gasteiger partial charge in [-0.1, -0.05) is 12.1 Å². The molecule has 3 rings (SSSR count). The van der Waals surface area contributed by atoms with Crippen molar-refractivity contribution in [3.8, 4) is 10.6 Å². The molecule has 0 spiro atoms. The van der Waals surface area contributed by atoms with Gasteiger partial charge in [-0.25, -0.2) is 24.7 Å². The van der Waals surface area contributed by atoms with Gasteiger partial charge in [-0.15, -0.1) is 11.3 Å². The lowest BCUT2D eigenvalue weighted by atomic mass is 10.1. The SMILES string of the molecule is CCOC(=O)c1c(-c2nc3ccccc3s2)c(N)n(NC(N)=O)c1C. The molecule has 0 atom stereocenters. The number of carbonyl (C=O) groups is 2. The van der Waals surface area contributed by atoms with E-state index < -0.39 is 12.0 Å². The summed E-state index contributed by atoms with van der Waals surface area (Å²) in [6, 6.07) is 6.80. The third-order valence-corrected chi connectivity index (χ3v) is 4.71. The van der Waals surface area contributed by atoms with Crippen LogP contribution in [0.1, 0.15) is 23.0 Å². The van der Waals surface area contributed by atoms with Gasteiger partial charge in [-0.3, -0.25) is 0 Å². The molecule has 9 heteroatoms. The summed E-state index contributed by atoms with van der Waals surface area (Å²) in [6.45, 7) is 3.58. The second kappa shape index (κ2) is 6.44. The number of nitrogen functional groups attached to an aromatic ring is 1. The maximum absolute atomic E-state index is 12.5. The van der Waals surface area contributed by atoms with Crippen LogP contribution in [0.15, 0.2) is 24.3 Å². The van der Waals surface area contributed by atoms with Crippen LogP contribution in [0.2, 0.25) is 0 Å². The number of carbonyl (C=O) groups excluding carboxylic acids is 2. The summed E-state index contributed by atoms with van der Waals surface area (Å²) in [5.74, 6) is -0.371. The first kappa shape index (κ1) is 16.8. The molecule has 0 aliphatic heterocycles. The number of nitrogens with zero attached hydrogens (tertiary/aromatic N) is 2. The summed E-state index contributed by atoms with van der Waals surface area (Å²) in [6.07, 6.45) is 0. The number of hydrogen-bond acceptors (Lipinski definition) is 6. The Labute approximate surface area is 147 Å². The number of hydrogen-bond donors (Lipinski definition) is 3. The van der Waals surface area contributed by atoms with E-state index in [2.05, 4.69) is 10.4 Å². The molecule has 0 fully saturated rings. The maximum Gasteiger partial charge on any atom is 0.340 e. The zero-order valence-electron chi connectivity index (χ0n) is 13.7. The quantitative estimate of drug-likeness (QED) is 0.617. The molecular weight excluding hydrogens is 342 g/mol. The Balaban J connectivity index is 2.25. The number of aromatic nitrogens is 2. The molecule has 25 heavy (non-hydrogen) atoms. The van der Waals surface area contributed by atoms with E-state index in [4.69, 9.17) is 16.2 Å². The Morgan fingerprint density at radius 1 is 1.36 bits per heavy atom. The Morgan fingerprint density at radius 3 is 2.72 bits per heavy atom. The molecule has 0 saturated carbocycles. The van der Waals surface area contributed by atoms with E-state index in [1.54, 1.807) is 13.8 Å². The molecule has 0 bridgehead atoms. The van der Waals surface area contributed by atoms with Gasteiger partial charge in [0.1, 0.15) is 10.8 Å². The Bertz CT molecular complexity index is 943. The van der Waals surface area contributed by atoms with Crippen LogP contribution in [-0.2, 0) is 4.74 Å². The highest BCUT2D eigenvalue weighted by atomic mass is 32.1. The number of esters is 1. The first-order valence-electron chi connectivity index (χ1n) is 7.54. The zero-order chi connectivity index (χ0) is 18.1. The number of nitrogens with two attached hydrogens (primary N) is 2. The summed E-state index contributed by atoms with van der Waals surface area (Å²) >= 11 is 1.40. The minimum atomic E-state index is -0.795. The van der Waals surface area contributed by atoms with Crippen LogP contribution in [-0.4, -0.2) is 28.3 Å². The van der Waals surface area contributed by atoms with Crippen molar-refractivity contribution in [2.75, 3.05) is 17.8 Å². The number of fused-ring (bicyclic) bond motifs is 1. The minimum absolute atomic E-state index is 0.165. The molecule has 2 amide bonds. The zero-order valence-corrected chi connectivity index (χ0v) is 14.5. The summed E-state index contributed by atoms with van der Waals surface area (Å²) in [4.78, 5) is 28.3. The predicted molar refractivity (Wildman–Crippen MR) is 97.1 cm³/mol. The van der Waals surface area contributed by atoms with E-state index in [0.29, 0.717) is 16.3 Å². The van der Waals surface area contributed by atoms with Crippen molar-refractivity contribution in [1.82, 2.24) is 9.66 Å². The topological polar surface area (TPSA) is 125 Å². The Hall–Kier alpha value is -3.07. The fourth-order valence-corrected chi connectivity index (χ4v) is 3.64. The molecule has 2 heterocycles. The van der Waals surface area contributed by atoms with Gasteiger partial charge in [0.05, 0.1) is 33.6 Å². The number of urea groups is 1. The summed E-state index contributed by atoms with van der Waals surface area (Å²) in [5.41, 5.74) is 15.7. The maximum atomic E-state index is 12.5. The standard InChI is InChI=1S/C16H17N5O3S/c1-3-24-15(22)11-8(2)21(20-16(18)23)13(17)12(11)14-19-9-6-4-5-7-10(9)25-14/h4-7H,3,17H2,1-2H3,(H3,18,20,23). The van der Waals surface area contributed by atoms with E-state index in [-0.39, 0.29) is 18.0 Å². The molecule has 0 aliphatic carbocycles. The van der Waals surface area contributed by atoms with Gasteiger partial charge >= 0.3 is 12.0 Å². The number of para-hydroxylation sites is 1. The van der Waals surface area contributed by atoms with Crippen molar-refractivity contribution in [3.63, 3.8) is 0 Å². The number of rotatable bonds is 4. The van der Waals surface area contributed by atoms with E-state index in [0.717, 1.165) is 10.2 Å². The predicted octanol–water partition coefficient (Wildman–Crippen LogP) is 2.45. The fourth-order valence-electron chi connectivity index (χ4n) is 2.62. The van der Waals surface area contributed by atoms with Crippen LogP contribution in [0.4, 0.5) is 10.6 Å². The second-order valence-electron chi connectivity index (χ2n) is 5.24. The van der Waals surface area contributed by atoms with Crippen LogP contribution in [0.25, 0.3) is 20.8 Å². The smallest absolute Gasteiger partial charge is 0.340 e. The van der Waals surface area contributed by atoms with E-state index in [9.17, 15) is 9.59 Å². The largest absolute Gasteiger partial charge is 0.462 e. The van der Waals surface area contributed by atoms with Gasteiger partial charge in [0.25, 0.3) is 0 Å². The number of nitrogens with one attached hydrogen (secondary N) is 1. The van der Waals surface area contributed by atoms with Crippen LogP contribution in [0.3, 0.4) is 0 Å². The number of thiazole rings is 1. The van der Waals surface area contributed by atoms with Crippen LogP contribution >= 0.6 is 11.3 Å². The van der Waals surface area contributed by atoms with Gasteiger partial charge in [-0.05, 0) is 26.0 Å². The van der Waals surface area contributed by atoms with E-state index in [1.165, 1.54) is 16.0 Å². The van der Waals surface area contributed by atoms with Crippen molar-refractivity contribution in [2.45, 2.75) is 13.8 Å². The molecule has 0 saturated heterocycles.